The lowest BCUT2D eigenvalue weighted by atomic mass is 9.55. The molecule has 3 nitrogen and oxygen atoms in total. The molecule has 2 fully saturated rings. The predicted molar refractivity (Wildman–Crippen MR) is 63.2 cm³/mol. The molecule has 0 N–H and O–H groups in total. The molecule has 0 aromatic carbocycles. The van der Waals surface area contributed by atoms with Gasteiger partial charge >= 0.3 is 6.09 Å². The summed E-state index contributed by atoms with van der Waals surface area (Å²) in [6.45, 7) is 6.41. The van der Waals surface area contributed by atoms with E-state index in [1.807, 2.05) is 4.90 Å². The van der Waals surface area contributed by atoms with E-state index in [1.54, 1.807) is 0 Å². The summed E-state index contributed by atoms with van der Waals surface area (Å²) >= 11 is 0. The van der Waals surface area contributed by atoms with Crippen LogP contribution in [0.25, 0.3) is 0 Å². The number of ether oxygens (including phenoxy) is 1. The minimum Gasteiger partial charge on any atom is -0.453 e. The van der Waals surface area contributed by atoms with Crippen LogP contribution in [0.4, 0.5) is 4.79 Å². The number of piperidine rings is 1. The zero-order valence-corrected chi connectivity index (χ0v) is 10.7. The number of rotatable bonds is 1. The van der Waals surface area contributed by atoms with E-state index in [9.17, 15) is 4.79 Å². The molecule has 3 heteroatoms. The average molecular weight is 225 g/mol. The van der Waals surface area contributed by atoms with Crippen LogP contribution in [-0.2, 0) is 4.74 Å². The van der Waals surface area contributed by atoms with Gasteiger partial charge in [-0.3, -0.25) is 0 Å². The molecule has 92 valence electrons. The maximum atomic E-state index is 11.4. The summed E-state index contributed by atoms with van der Waals surface area (Å²) in [4.78, 5) is 13.2. The molecule has 0 bridgehead atoms. The van der Waals surface area contributed by atoms with E-state index in [1.165, 1.54) is 32.8 Å². The third-order valence-electron chi connectivity index (χ3n) is 4.59. The van der Waals surface area contributed by atoms with Crippen LogP contribution in [0.1, 0.15) is 39.5 Å². The Bertz CT molecular complexity index is 259. The molecule has 1 aliphatic heterocycles. The minimum absolute atomic E-state index is 0.158. The van der Waals surface area contributed by atoms with Crippen LogP contribution in [0.15, 0.2) is 0 Å². The van der Waals surface area contributed by atoms with Gasteiger partial charge in [-0.05, 0) is 42.9 Å². The van der Waals surface area contributed by atoms with Crippen LogP contribution in [-0.4, -0.2) is 31.2 Å². The summed E-state index contributed by atoms with van der Waals surface area (Å²) in [7, 11) is 1.46. The number of carbonyl (C=O) groups excluding carboxylic acids is 1. The molecule has 0 aromatic heterocycles. The molecule has 1 amide bonds. The number of hydrogen-bond donors (Lipinski definition) is 0. The second kappa shape index (κ2) is 4.27. The Balaban J connectivity index is 1.81. The van der Waals surface area contributed by atoms with Crippen LogP contribution in [0.2, 0.25) is 0 Å². The number of methoxy groups -OCH3 is 1. The van der Waals surface area contributed by atoms with Gasteiger partial charge in [0.1, 0.15) is 0 Å². The average Bonchev–Trinajstić information content (AvgIpc) is 2.24. The fourth-order valence-electron chi connectivity index (χ4n) is 3.22. The smallest absolute Gasteiger partial charge is 0.409 e. The fraction of sp³-hybridized carbons (Fsp3) is 0.923. The summed E-state index contributed by atoms with van der Waals surface area (Å²) in [5, 5.41) is 0. The van der Waals surface area contributed by atoms with Gasteiger partial charge in [0.15, 0.2) is 0 Å². The summed E-state index contributed by atoms with van der Waals surface area (Å²) < 4.78 is 4.76. The normalized spacial score (nSPS) is 24.6. The summed E-state index contributed by atoms with van der Waals surface area (Å²) in [6.07, 6.45) is 4.94. The number of amides is 1. The SMILES string of the molecule is COC(=O)N1CCC2(CC1)CC(C(C)C)C2. The van der Waals surface area contributed by atoms with Crippen molar-refractivity contribution in [2.75, 3.05) is 20.2 Å². The lowest BCUT2D eigenvalue weighted by Gasteiger charge is -2.53. The highest BCUT2D eigenvalue weighted by Gasteiger charge is 2.46. The first-order valence-electron chi connectivity index (χ1n) is 6.39. The van der Waals surface area contributed by atoms with Crippen LogP contribution in [0, 0.1) is 17.3 Å². The Kier molecular flexibility index (Phi) is 3.13. The van der Waals surface area contributed by atoms with Crippen molar-refractivity contribution in [2.24, 2.45) is 17.3 Å². The first-order chi connectivity index (χ1) is 7.56. The van der Waals surface area contributed by atoms with Crippen molar-refractivity contribution >= 4 is 6.09 Å². The van der Waals surface area contributed by atoms with Crippen molar-refractivity contribution in [2.45, 2.75) is 39.5 Å². The van der Waals surface area contributed by atoms with Gasteiger partial charge in [-0.15, -0.1) is 0 Å². The molecule has 0 aromatic rings. The first-order valence-corrected chi connectivity index (χ1v) is 6.39. The first kappa shape index (κ1) is 11.7. The van der Waals surface area contributed by atoms with Gasteiger partial charge in [0.2, 0.25) is 0 Å². The zero-order chi connectivity index (χ0) is 11.8. The maximum Gasteiger partial charge on any atom is 0.409 e. The molecular weight excluding hydrogens is 202 g/mol. The lowest BCUT2D eigenvalue weighted by molar-refractivity contribution is -0.0280. The van der Waals surface area contributed by atoms with Gasteiger partial charge in [-0.1, -0.05) is 13.8 Å². The van der Waals surface area contributed by atoms with Crippen molar-refractivity contribution < 1.29 is 9.53 Å². The molecule has 2 aliphatic rings. The lowest BCUT2D eigenvalue weighted by Crippen LogP contribution is -2.49. The molecule has 1 aliphatic carbocycles. The quantitative estimate of drug-likeness (QED) is 0.686. The van der Waals surface area contributed by atoms with E-state index in [-0.39, 0.29) is 6.09 Å². The third kappa shape index (κ3) is 2.04. The topological polar surface area (TPSA) is 29.5 Å². The van der Waals surface area contributed by atoms with Crippen LogP contribution < -0.4 is 0 Å². The van der Waals surface area contributed by atoms with Gasteiger partial charge in [0.05, 0.1) is 7.11 Å². The van der Waals surface area contributed by atoms with Crippen LogP contribution >= 0.6 is 0 Å². The second-order valence-corrected chi connectivity index (χ2v) is 5.87. The van der Waals surface area contributed by atoms with Crippen molar-refractivity contribution in [3.05, 3.63) is 0 Å². The zero-order valence-electron chi connectivity index (χ0n) is 10.7. The van der Waals surface area contributed by atoms with Crippen molar-refractivity contribution in [1.82, 2.24) is 4.90 Å². The molecule has 0 radical (unpaired) electrons. The number of likely N-dealkylation sites (tertiary alicyclic amines) is 1. The molecule has 1 saturated heterocycles. The molecular formula is C13H23NO2. The van der Waals surface area contributed by atoms with Gasteiger partial charge < -0.3 is 9.64 Å². The number of hydrogen-bond acceptors (Lipinski definition) is 2. The van der Waals surface area contributed by atoms with E-state index >= 15 is 0 Å². The van der Waals surface area contributed by atoms with Crippen molar-refractivity contribution in [3.8, 4) is 0 Å². The summed E-state index contributed by atoms with van der Waals surface area (Å²) in [5.41, 5.74) is 0.569. The molecule has 16 heavy (non-hydrogen) atoms. The van der Waals surface area contributed by atoms with Crippen molar-refractivity contribution in [1.29, 1.82) is 0 Å². The van der Waals surface area contributed by atoms with Gasteiger partial charge in [-0.2, -0.15) is 0 Å². The maximum absolute atomic E-state index is 11.4. The Hall–Kier alpha value is -0.730. The highest BCUT2D eigenvalue weighted by atomic mass is 16.5. The van der Waals surface area contributed by atoms with Crippen LogP contribution in [0.3, 0.4) is 0 Å². The molecule has 0 unspecified atom stereocenters. The Morgan fingerprint density at radius 3 is 2.31 bits per heavy atom. The van der Waals surface area contributed by atoms with Crippen LogP contribution in [0.5, 0.6) is 0 Å². The van der Waals surface area contributed by atoms with Gasteiger partial charge in [0, 0.05) is 13.1 Å². The largest absolute Gasteiger partial charge is 0.453 e. The third-order valence-corrected chi connectivity index (χ3v) is 4.59. The van der Waals surface area contributed by atoms with E-state index < -0.39 is 0 Å². The van der Waals surface area contributed by atoms with E-state index in [0.717, 1.165) is 24.9 Å². The molecule has 1 spiro atoms. The Labute approximate surface area is 98.1 Å². The fourth-order valence-corrected chi connectivity index (χ4v) is 3.22. The summed E-state index contributed by atoms with van der Waals surface area (Å²) in [5.74, 6) is 1.74. The van der Waals surface area contributed by atoms with E-state index in [2.05, 4.69) is 13.8 Å². The molecule has 0 atom stereocenters. The standard InChI is InChI=1S/C13H23NO2/c1-10(2)11-8-13(9-11)4-6-14(7-5-13)12(15)16-3/h10-11H,4-9H2,1-3H3. The second-order valence-electron chi connectivity index (χ2n) is 5.87. The molecule has 2 rings (SSSR count). The van der Waals surface area contributed by atoms with Gasteiger partial charge in [-0.25, -0.2) is 4.79 Å². The highest BCUT2D eigenvalue weighted by molar-refractivity contribution is 5.67. The van der Waals surface area contributed by atoms with Gasteiger partial charge in [0.25, 0.3) is 0 Å². The predicted octanol–water partition coefficient (Wildman–Crippen LogP) is 2.90. The number of carbonyl (C=O) groups is 1. The Morgan fingerprint density at radius 2 is 1.88 bits per heavy atom. The monoisotopic (exact) mass is 225 g/mol. The molecule has 1 heterocycles. The van der Waals surface area contributed by atoms with E-state index in [4.69, 9.17) is 4.74 Å². The highest BCUT2D eigenvalue weighted by Crippen LogP contribution is 2.54. The summed E-state index contributed by atoms with van der Waals surface area (Å²) in [6, 6.07) is 0. The van der Waals surface area contributed by atoms with E-state index in [0.29, 0.717) is 5.41 Å². The Morgan fingerprint density at radius 1 is 1.31 bits per heavy atom. The van der Waals surface area contributed by atoms with Crippen molar-refractivity contribution in [3.63, 3.8) is 0 Å². The molecule has 1 saturated carbocycles. The number of nitrogens with zero attached hydrogens (tertiary/aromatic N) is 1. The minimum atomic E-state index is -0.158.